The summed E-state index contributed by atoms with van der Waals surface area (Å²) in [6.07, 6.45) is 16.1. The van der Waals surface area contributed by atoms with Crippen molar-refractivity contribution in [3.05, 3.63) is 29.2 Å². The third-order valence-electron chi connectivity index (χ3n) is 5.81. The molecule has 0 saturated heterocycles. The van der Waals surface area contributed by atoms with Crippen LogP contribution in [0.3, 0.4) is 0 Å². The van der Waals surface area contributed by atoms with E-state index in [4.69, 9.17) is 4.98 Å². The first-order chi connectivity index (χ1) is 11.9. The van der Waals surface area contributed by atoms with Crippen LogP contribution in [0.25, 0.3) is 16.9 Å². The molecule has 0 radical (unpaired) electrons. The standard InChI is InChI=1S/C20H26N4/c1-2-4-13(5-3-1)10-21-18(15-8-9-15)16-11-22-20-19(16)24-17(12-23-20)14-6-7-14/h11-14,21H,1-10H2,(H,22,23). The maximum absolute atomic E-state index is 4.96. The molecule has 0 aromatic carbocycles. The fourth-order valence-corrected chi connectivity index (χ4v) is 4.03. The van der Waals surface area contributed by atoms with E-state index in [2.05, 4.69) is 21.5 Å². The lowest BCUT2D eigenvalue weighted by molar-refractivity contribution is 0.355. The molecule has 3 aliphatic carbocycles. The Morgan fingerprint density at radius 2 is 1.96 bits per heavy atom. The van der Waals surface area contributed by atoms with Crippen molar-refractivity contribution in [3.63, 3.8) is 0 Å². The lowest BCUT2D eigenvalue weighted by atomic mass is 9.89. The fraction of sp³-hybridized carbons (Fsp3) is 0.600. The van der Waals surface area contributed by atoms with Crippen LogP contribution in [-0.4, -0.2) is 21.5 Å². The molecule has 126 valence electrons. The largest absolute Gasteiger partial charge is 0.384 e. The number of nitrogens with one attached hydrogen (secondary N) is 2. The molecule has 0 amide bonds. The molecule has 4 nitrogen and oxygen atoms in total. The van der Waals surface area contributed by atoms with Crippen molar-refractivity contribution >= 4 is 16.9 Å². The van der Waals surface area contributed by atoms with Gasteiger partial charge in [0.05, 0.1) is 11.9 Å². The Labute approximate surface area is 143 Å². The van der Waals surface area contributed by atoms with Crippen LogP contribution in [0.2, 0.25) is 0 Å². The SMILES string of the molecule is c1nc2[nH]cc(C(NCC3CCCCC3)=C3CC3)c2nc1C1CC1. The zero-order valence-electron chi connectivity index (χ0n) is 14.3. The van der Waals surface area contributed by atoms with Gasteiger partial charge in [-0.2, -0.15) is 0 Å². The Morgan fingerprint density at radius 3 is 2.71 bits per heavy atom. The number of rotatable bonds is 5. The summed E-state index contributed by atoms with van der Waals surface area (Å²) in [6, 6.07) is 0. The summed E-state index contributed by atoms with van der Waals surface area (Å²) in [4.78, 5) is 12.9. The van der Waals surface area contributed by atoms with Crippen LogP contribution < -0.4 is 5.32 Å². The molecule has 2 aromatic heterocycles. The molecule has 0 atom stereocenters. The zero-order valence-corrected chi connectivity index (χ0v) is 14.3. The molecule has 4 heteroatoms. The van der Waals surface area contributed by atoms with Crippen LogP contribution in [0.4, 0.5) is 0 Å². The summed E-state index contributed by atoms with van der Waals surface area (Å²) < 4.78 is 0. The summed E-state index contributed by atoms with van der Waals surface area (Å²) in [5.41, 5.74) is 7.30. The van der Waals surface area contributed by atoms with Crippen LogP contribution in [0.1, 0.15) is 75.0 Å². The van der Waals surface area contributed by atoms with Crippen molar-refractivity contribution in [3.8, 4) is 0 Å². The fourth-order valence-electron chi connectivity index (χ4n) is 4.03. The van der Waals surface area contributed by atoms with Gasteiger partial charge in [-0.3, -0.25) is 0 Å². The lowest BCUT2D eigenvalue weighted by Crippen LogP contribution is -2.23. The minimum atomic E-state index is 0.650. The Morgan fingerprint density at radius 1 is 1.12 bits per heavy atom. The number of aromatic nitrogens is 3. The van der Waals surface area contributed by atoms with Crippen molar-refractivity contribution in [2.24, 2.45) is 5.92 Å². The molecular formula is C20H26N4. The molecule has 2 heterocycles. The number of fused-ring (bicyclic) bond motifs is 1. The van der Waals surface area contributed by atoms with Gasteiger partial charge < -0.3 is 10.3 Å². The van der Waals surface area contributed by atoms with Crippen molar-refractivity contribution < 1.29 is 0 Å². The third-order valence-corrected chi connectivity index (χ3v) is 5.81. The molecule has 3 aliphatic rings. The summed E-state index contributed by atoms with van der Waals surface area (Å²) in [5.74, 6) is 1.49. The minimum Gasteiger partial charge on any atom is -0.384 e. The average Bonchev–Trinajstić information content (AvgIpc) is 3.53. The van der Waals surface area contributed by atoms with E-state index >= 15 is 0 Å². The Kier molecular flexibility index (Phi) is 3.57. The quantitative estimate of drug-likeness (QED) is 0.851. The molecule has 5 rings (SSSR count). The second-order valence-corrected chi connectivity index (χ2v) is 7.83. The van der Waals surface area contributed by atoms with Gasteiger partial charge in [0.1, 0.15) is 5.52 Å². The molecular weight excluding hydrogens is 296 g/mol. The van der Waals surface area contributed by atoms with Crippen LogP contribution in [0.5, 0.6) is 0 Å². The first-order valence-corrected chi connectivity index (χ1v) is 9.69. The molecule has 3 saturated carbocycles. The maximum Gasteiger partial charge on any atom is 0.156 e. The smallest absolute Gasteiger partial charge is 0.156 e. The van der Waals surface area contributed by atoms with Gasteiger partial charge in [0.15, 0.2) is 5.65 Å². The summed E-state index contributed by atoms with van der Waals surface area (Å²) in [6.45, 7) is 1.11. The molecule has 24 heavy (non-hydrogen) atoms. The van der Waals surface area contributed by atoms with Crippen molar-refractivity contribution in [2.75, 3.05) is 6.54 Å². The Hall–Kier alpha value is -1.84. The highest BCUT2D eigenvalue weighted by molar-refractivity contribution is 5.88. The van der Waals surface area contributed by atoms with Gasteiger partial charge in [0.25, 0.3) is 0 Å². The lowest BCUT2D eigenvalue weighted by Gasteiger charge is -2.23. The Bertz CT molecular complexity index is 772. The van der Waals surface area contributed by atoms with Crippen molar-refractivity contribution in [1.82, 2.24) is 20.3 Å². The van der Waals surface area contributed by atoms with Gasteiger partial charge in [-0.1, -0.05) is 19.3 Å². The zero-order chi connectivity index (χ0) is 15.9. The van der Waals surface area contributed by atoms with Crippen LogP contribution >= 0.6 is 0 Å². The van der Waals surface area contributed by atoms with Gasteiger partial charge in [0.2, 0.25) is 0 Å². The molecule has 2 aromatic rings. The number of hydrogen-bond acceptors (Lipinski definition) is 3. The molecule has 0 aliphatic heterocycles. The monoisotopic (exact) mass is 322 g/mol. The predicted octanol–water partition coefficient (Wildman–Crippen LogP) is 4.51. The van der Waals surface area contributed by atoms with E-state index in [0.29, 0.717) is 5.92 Å². The van der Waals surface area contributed by atoms with E-state index in [1.54, 1.807) is 5.57 Å². The van der Waals surface area contributed by atoms with E-state index in [1.807, 2.05) is 6.20 Å². The van der Waals surface area contributed by atoms with Gasteiger partial charge in [-0.25, -0.2) is 9.97 Å². The normalized spacial score (nSPS) is 21.2. The van der Waals surface area contributed by atoms with Crippen molar-refractivity contribution in [2.45, 2.75) is 63.7 Å². The molecule has 3 fully saturated rings. The van der Waals surface area contributed by atoms with Gasteiger partial charge in [-0.15, -0.1) is 0 Å². The van der Waals surface area contributed by atoms with E-state index in [9.17, 15) is 0 Å². The van der Waals surface area contributed by atoms with Crippen LogP contribution in [-0.2, 0) is 0 Å². The topological polar surface area (TPSA) is 53.6 Å². The van der Waals surface area contributed by atoms with E-state index in [1.165, 1.54) is 74.7 Å². The summed E-state index contributed by atoms with van der Waals surface area (Å²) >= 11 is 0. The predicted molar refractivity (Wildman–Crippen MR) is 96.6 cm³/mol. The second kappa shape index (κ2) is 5.91. The molecule has 2 N–H and O–H groups in total. The number of hydrogen-bond donors (Lipinski definition) is 2. The highest BCUT2D eigenvalue weighted by atomic mass is 15.0. The van der Waals surface area contributed by atoms with Gasteiger partial charge >= 0.3 is 0 Å². The van der Waals surface area contributed by atoms with E-state index in [-0.39, 0.29) is 0 Å². The van der Waals surface area contributed by atoms with Crippen LogP contribution in [0.15, 0.2) is 18.0 Å². The summed E-state index contributed by atoms with van der Waals surface area (Å²) in [7, 11) is 0. The first kappa shape index (κ1) is 14.5. The first-order valence-electron chi connectivity index (χ1n) is 9.69. The third kappa shape index (κ3) is 2.83. The number of allylic oxidation sites excluding steroid dienone is 1. The van der Waals surface area contributed by atoms with E-state index < -0.39 is 0 Å². The highest BCUT2D eigenvalue weighted by Crippen LogP contribution is 2.40. The number of H-pyrrole nitrogens is 1. The van der Waals surface area contributed by atoms with E-state index in [0.717, 1.165) is 23.6 Å². The van der Waals surface area contributed by atoms with Gasteiger partial charge in [-0.05, 0) is 50.0 Å². The molecule has 0 spiro atoms. The second-order valence-electron chi connectivity index (χ2n) is 7.83. The maximum atomic E-state index is 4.96. The Balaban J connectivity index is 1.43. The highest BCUT2D eigenvalue weighted by Gasteiger charge is 2.27. The molecule has 0 unspecified atom stereocenters. The number of nitrogens with zero attached hydrogens (tertiary/aromatic N) is 2. The van der Waals surface area contributed by atoms with Crippen LogP contribution in [0, 0.1) is 5.92 Å². The molecule has 0 bridgehead atoms. The van der Waals surface area contributed by atoms with Gasteiger partial charge in [0, 0.05) is 29.9 Å². The summed E-state index contributed by atoms with van der Waals surface area (Å²) in [5, 5.41) is 3.80. The number of aromatic amines is 1. The minimum absolute atomic E-state index is 0.650. The van der Waals surface area contributed by atoms with Crippen molar-refractivity contribution in [1.29, 1.82) is 0 Å². The average molecular weight is 322 g/mol.